The summed E-state index contributed by atoms with van der Waals surface area (Å²) in [6, 6.07) is 5.32. The van der Waals surface area contributed by atoms with Crippen LogP contribution in [-0.4, -0.2) is 35.3 Å². The van der Waals surface area contributed by atoms with Gasteiger partial charge >= 0.3 is 5.97 Å². The minimum Gasteiger partial charge on any atom is -0.497 e. The van der Waals surface area contributed by atoms with Gasteiger partial charge in [-0.2, -0.15) is 4.98 Å². The standard InChI is InChI=1S/C14H15ClN4O4/c1-22-8-4-3-7(9(5-8)23-2)6-17-12-10(16)11(13(20)21)18-14(15)19-12/h3-5H,6,16H2,1-2H3,(H,20,21)(H,17,18,19). The lowest BCUT2D eigenvalue weighted by Crippen LogP contribution is -2.12. The molecule has 0 saturated carbocycles. The van der Waals surface area contributed by atoms with E-state index in [1.165, 1.54) is 7.11 Å². The number of methoxy groups -OCH3 is 2. The van der Waals surface area contributed by atoms with Gasteiger partial charge in [0.05, 0.1) is 14.2 Å². The molecule has 122 valence electrons. The Balaban J connectivity index is 2.26. The largest absolute Gasteiger partial charge is 0.497 e. The van der Waals surface area contributed by atoms with E-state index in [2.05, 4.69) is 15.3 Å². The zero-order valence-electron chi connectivity index (χ0n) is 12.5. The molecule has 0 spiro atoms. The first-order chi connectivity index (χ1) is 11.0. The van der Waals surface area contributed by atoms with Gasteiger partial charge in [0.15, 0.2) is 11.5 Å². The summed E-state index contributed by atoms with van der Waals surface area (Å²) in [5, 5.41) is 11.8. The molecule has 0 aliphatic rings. The predicted molar refractivity (Wildman–Crippen MR) is 85.3 cm³/mol. The molecule has 1 aromatic carbocycles. The highest BCUT2D eigenvalue weighted by atomic mass is 35.5. The number of carbonyl (C=O) groups is 1. The van der Waals surface area contributed by atoms with E-state index in [9.17, 15) is 4.79 Å². The molecule has 0 unspecified atom stereocenters. The van der Waals surface area contributed by atoms with E-state index < -0.39 is 5.97 Å². The van der Waals surface area contributed by atoms with Crippen molar-refractivity contribution in [2.45, 2.75) is 6.54 Å². The van der Waals surface area contributed by atoms with Crippen LogP contribution in [0.25, 0.3) is 0 Å². The summed E-state index contributed by atoms with van der Waals surface area (Å²) < 4.78 is 10.4. The summed E-state index contributed by atoms with van der Waals surface area (Å²) >= 11 is 5.72. The SMILES string of the molecule is COc1ccc(CNc2nc(Cl)nc(C(=O)O)c2N)c(OC)c1. The fourth-order valence-electron chi connectivity index (χ4n) is 1.92. The number of anilines is 2. The van der Waals surface area contributed by atoms with E-state index in [4.69, 9.17) is 31.9 Å². The van der Waals surface area contributed by atoms with Crippen LogP contribution < -0.4 is 20.5 Å². The molecule has 8 nitrogen and oxygen atoms in total. The molecule has 4 N–H and O–H groups in total. The van der Waals surface area contributed by atoms with E-state index in [0.29, 0.717) is 18.0 Å². The number of aromatic nitrogens is 2. The summed E-state index contributed by atoms with van der Waals surface area (Å²) in [6.07, 6.45) is 0. The molecule has 23 heavy (non-hydrogen) atoms. The summed E-state index contributed by atoms with van der Waals surface area (Å²) in [7, 11) is 3.10. The second-order valence-corrected chi connectivity index (χ2v) is 4.78. The third-order valence-electron chi connectivity index (χ3n) is 3.06. The van der Waals surface area contributed by atoms with Gasteiger partial charge in [-0.3, -0.25) is 0 Å². The number of hydrogen-bond acceptors (Lipinski definition) is 7. The lowest BCUT2D eigenvalue weighted by molar-refractivity contribution is 0.0691. The Morgan fingerprint density at radius 3 is 2.70 bits per heavy atom. The minimum absolute atomic E-state index is 0.0885. The van der Waals surface area contributed by atoms with Crippen molar-refractivity contribution >= 4 is 29.1 Å². The summed E-state index contributed by atoms with van der Waals surface area (Å²) in [5.41, 5.74) is 6.12. The highest BCUT2D eigenvalue weighted by molar-refractivity contribution is 6.28. The zero-order valence-corrected chi connectivity index (χ0v) is 13.2. The van der Waals surface area contributed by atoms with Gasteiger partial charge in [-0.1, -0.05) is 0 Å². The number of ether oxygens (including phenoxy) is 2. The number of carboxylic acid groups (broad SMARTS) is 1. The summed E-state index contributed by atoms with van der Waals surface area (Å²) in [5.74, 6) is 0.120. The molecular formula is C14H15ClN4O4. The predicted octanol–water partition coefficient (Wildman–Crippen LogP) is 2.04. The number of benzene rings is 1. The molecule has 0 aliphatic carbocycles. The molecular weight excluding hydrogens is 324 g/mol. The Morgan fingerprint density at radius 2 is 2.09 bits per heavy atom. The van der Waals surface area contributed by atoms with Crippen LogP contribution in [0.4, 0.5) is 11.5 Å². The Bertz CT molecular complexity index is 739. The Hall–Kier alpha value is -2.74. The number of nitrogens with zero attached hydrogens (tertiary/aromatic N) is 2. The number of nitrogens with one attached hydrogen (secondary N) is 1. The van der Waals surface area contributed by atoms with Crippen molar-refractivity contribution in [2.24, 2.45) is 0 Å². The monoisotopic (exact) mass is 338 g/mol. The number of aromatic carboxylic acids is 1. The van der Waals surface area contributed by atoms with E-state index in [0.717, 1.165) is 5.56 Å². The van der Waals surface area contributed by atoms with Crippen LogP contribution in [0.15, 0.2) is 18.2 Å². The molecule has 1 heterocycles. The maximum Gasteiger partial charge on any atom is 0.356 e. The quantitative estimate of drug-likeness (QED) is 0.684. The molecule has 0 saturated heterocycles. The van der Waals surface area contributed by atoms with Crippen LogP contribution in [-0.2, 0) is 6.54 Å². The molecule has 0 amide bonds. The topological polar surface area (TPSA) is 120 Å². The van der Waals surface area contributed by atoms with Gasteiger partial charge in [-0.25, -0.2) is 9.78 Å². The molecule has 0 atom stereocenters. The number of rotatable bonds is 6. The molecule has 0 fully saturated rings. The maximum absolute atomic E-state index is 11.1. The summed E-state index contributed by atoms with van der Waals surface area (Å²) in [6.45, 7) is 0.295. The first kappa shape index (κ1) is 16.6. The van der Waals surface area contributed by atoms with Gasteiger partial charge < -0.3 is 25.6 Å². The van der Waals surface area contributed by atoms with Crippen LogP contribution in [0.2, 0.25) is 5.28 Å². The average Bonchev–Trinajstić information content (AvgIpc) is 2.54. The molecule has 0 aliphatic heterocycles. The Labute approximate surface area is 137 Å². The summed E-state index contributed by atoms with van der Waals surface area (Å²) in [4.78, 5) is 18.6. The first-order valence-corrected chi connectivity index (χ1v) is 6.85. The molecule has 0 radical (unpaired) electrons. The van der Waals surface area contributed by atoms with Crippen molar-refractivity contribution in [3.05, 3.63) is 34.7 Å². The Kier molecular flexibility index (Phi) is 5.07. The number of carboxylic acids is 1. The van der Waals surface area contributed by atoms with Gasteiger partial charge in [-0.15, -0.1) is 0 Å². The second kappa shape index (κ2) is 7.01. The van der Waals surface area contributed by atoms with Crippen molar-refractivity contribution in [2.75, 3.05) is 25.3 Å². The number of halogens is 1. The number of nitrogens with two attached hydrogens (primary N) is 1. The van der Waals surface area contributed by atoms with E-state index in [1.807, 2.05) is 6.07 Å². The highest BCUT2D eigenvalue weighted by Gasteiger charge is 2.17. The number of hydrogen-bond donors (Lipinski definition) is 3. The minimum atomic E-state index is -1.28. The molecule has 0 bridgehead atoms. The molecule has 2 rings (SSSR count). The third-order valence-corrected chi connectivity index (χ3v) is 3.23. The van der Waals surface area contributed by atoms with Crippen LogP contribution >= 0.6 is 11.6 Å². The lowest BCUT2D eigenvalue weighted by Gasteiger charge is -2.13. The van der Waals surface area contributed by atoms with Crippen molar-refractivity contribution in [1.29, 1.82) is 0 Å². The van der Waals surface area contributed by atoms with Gasteiger partial charge in [0.2, 0.25) is 5.28 Å². The number of nitrogen functional groups attached to an aromatic ring is 1. The van der Waals surface area contributed by atoms with Gasteiger partial charge in [0.1, 0.15) is 17.2 Å². The van der Waals surface area contributed by atoms with Crippen LogP contribution in [0.5, 0.6) is 11.5 Å². The fraction of sp³-hybridized carbons (Fsp3) is 0.214. The fourth-order valence-corrected chi connectivity index (χ4v) is 2.09. The average molecular weight is 339 g/mol. The molecule has 9 heteroatoms. The van der Waals surface area contributed by atoms with E-state index >= 15 is 0 Å². The maximum atomic E-state index is 11.1. The Morgan fingerprint density at radius 1 is 1.35 bits per heavy atom. The van der Waals surface area contributed by atoms with Crippen LogP contribution in [0.3, 0.4) is 0 Å². The van der Waals surface area contributed by atoms with Crippen molar-refractivity contribution in [3.8, 4) is 11.5 Å². The van der Waals surface area contributed by atoms with E-state index in [1.54, 1.807) is 19.2 Å². The lowest BCUT2D eigenvalue weighted by atomic mass is 10.2. The van der Waals surface area contributed by atoms with Crippen molar-refractivity contribution < 1.29 is 19.4 Å². The van der Waals surface area contributed by atoms with Gasteiger partial charge in [0, 0.05) is 18.2 Å². The first-order valence-electron chi connectivity index (χ1n) is 6.47. The van der Waals surface area contributed by atoms with Crippen molar-refractivity contribution in [1.82, 2.24) is 9.97 Å². The van der Waals surface area contributed by atoms with Gasteiger partial charge in [0.25, 0.3) is 0 Å². The zero-order chi connectivity index (χ0) is 17.0. The van der Waals surface area contributed by atoms with Crippen LogP contribution in [0, 0.1) is 0 Å². The molecule has 1 aromatic heterocycles. The van der Waals surface area contributed by atoms with Crippen LogP contribution in [0.1, 0.15) is 16.1 Å². The second-order valence-electron chi connectivity index (χ2n) is 4.44. The molecule has 2 aromatic rings. The van der Waals surface area contributed by atoms with E-state index in [-0.39, 0.29) is 22.5 Å². The smallest absolute Gasteiger partial charge is 0.356 e. The van der Waals surface area contributed by atoms with Crippen molar-refractivity contribution in [3.63, 3.8) is 0 Å². The third kappa shape index (κ3) is 3.72. The highest BCUT2D eigenvalue weighted by Crippen LogP contribution is 2.27. The normalized spacial score (nSPS) is 10.2. The van der Waals surface area contributed by atoms with Gasteiger partial charge in [-0.05, 0) is 23.7 Å².